The number of hydrogen-bond acceptors (Lipinski definition) is 2. The molecule has 17 heavy (non-hydrogen) atoms. The first-order valence-electron chi connectivity index (χ1n) is 5.93. The summed E-state index contributed by atoms with van der Waals surface area (Å²) in [4.78, 5) is 8.94. The lowest BCUT2D eigenvalue weighted by Gasteiger charge is -2.21. The predicted molar refractivity (Wildman–Crippen MR) is 70.7 cm³/mol. The van der Waals surface area contributed by atoms with Crippen molar-refractivity contribution in [1.29, 1.82) is 0 Å². The second-order valence-corrected chi connectivity index (χ2v) is 4.61. The van der Waals surface area contributed by atoms with Crippen LogP contribution in [0.2, 0.25) is 5.02 Å². The first-order chi connectivity index (χ1) is 8.27. The van der Waals surface area contributed by atoms with Crippen LogP contribution in [0.3, 0.4) is 0 Å². The first kappa shape index (κ1) is 14.0. The molecule has 0 aromatic heterocycles. The third kappa shape index (κ3) is 5.20. The molecule has 94 valence electrons. The van der Waals surface area contributed by atoms with Gasteiger partial charge in [-0.3, -0.25) is 10.2 Å². The van der Waals surface area contributed by atoms with Gasteiger partial charge in [-0.25, -0.2) is 5.84 Å². The predicted octanol–water partition coefficient (Wildman–Crippen LogP) is 2.99. The molecule has 3 N–H and O–H groups in total. The van der Waals surface area contributed by atoms with Gasteiger partial charge in [-0.2, -0.15) is 0 Å². The SMILES string of the molecule is Clc1ccc(C2CCCCC2)cc1.NNC=O. The Balaban J connectivity index is 0.000000317. The average Bonchev–Trinajstić information content (AvgIpc) is 2.41. The van der Waals surface area contributed by atoms with E-state index in [0.717, 1.165) is 10.9 Å². The van der Waals surface area contributed by atoms with Crippen molar-refractivity contribution in [2.75, 3.05) is 0 Å². The number of nitrogens with two attached hydrogens (primary N) is 1. The molecule has 3 nitrogen and oxygen atoms in total. The summed E-state index contributed by atoms with van der Waals surface area (Å²) < 4.78 is 0. The van der Waals surface area contributed by atoms with Gasteiger partial charge in [-0.1, -0.05) is 43.0 Å². The molecule has 0 atom stereocenters. The van der Waals surface area contributed by atoms with Crippen molar-refractivity contribution in [2.24, 2.45) is 5.84 Å². The minimum absolute atomic E-state index is 0.403. The van der Waals surface area contributed by atoms with Crippen LogP contribution in [0.25, 0.3) is 0 Å². The van der Waals surface area contributed by atoms with Gasteiger partial charge < -0.3 is 0 Å². The Hall–Kier alpha value is -1.06. The molecule has 0 bridgehead atoms. The third-order valence-electron chi connectivity index (χ3n) is 3.01. The van der Waals surface area contributed by atoms with E-state index in [9.17, 15) is 0 Å². The number of halogens is 1. The minimum Gasteiger partial charge on any atom is -0.297 e. The summed E-state index contributed by atoms with van der Waals surface area (Å²) in [6.07, 6.45) is 7.34. The summed E-state index contributed by atoms with van der Waals surface area (Å²) in [6, 6.07) is 8.37. The van der Waals surface area contributed by atoms with Gasteiger partial charge in [0, 0.05) is 5.02 Å². The van der Waals surface area contributed by atoms with Crippen LogP contribution in [0.4, 0.5) is 0 Å². The molecule has 1 saturated carbocycles. The molecule has 1 aromatic rings. The van der Waals surface area contributed by atoms with E-state index >= 15 is 0 Å². The van der Waals surface area contributed by atoms with Gasteiger partial charge in [0.1, 0.15) is 0 Å². The van der Waals surface area contributed by atoms with E-state index in [2.05, 4.69) is 18.0 Å². The maximum atomic E-state index is 8.94. The molecule has 1 aliphatic carbocycles. The average molecular weight is 255 g/mol. The smallest absolute Gasteiger partial charge is 0.221 e. The van der Waals surface area contributed by atoms with Crippen LogP contribution < -0.4 is 11.3 Å². The van der Waals surface area contributed by atoms with Crippen LogP contribution in [-0.4, -0.2) is 6.41 Å². The topological polar surface area (TPSA) is 55.1 Å². The van der Waals surface area contributed by atoms with Crippen molar-refractivity contribution in [3.05, 3.63) is 34.9 Å². The molecule has 0 heterocycles. The molecule has 0 saturated heterocycles. The van der Waals surface area contributed by atoms with Crippen LogP contribution in [0.1, 0.15) is 43.6 Å². The fourth-order valence-electron chi connectivity index (χ4n) is 2.17. The Bertz CT molecular complexity index is 321. The number of amides is 1. The lowest BCUT2D eigenvalue weighted by molar-refractivity contribution is -0.109. The van der Waals surface area contributed by atoms with Gasteiger partial charge in [-0.05, 0) is 36.5 Å². The Labute approximate surface area is 107 Å². The highest BCUT2D eigenvalue weighted by Gasteiger charge is 2.14. The molecule has 0 aliphatic heterocycles. The lowest BCUT2D eigenvalue weighted by Crippen LogP contribution is -2.18. The van der Waals surface area contributed by atoms with E-state index in [1.54, 1.807) is 5.43 Å². The maximum Gasteiger partial charge on any atom is 0.221 e. The summed E-state index contributed by atoms with van der Waals surface area (Å²) in [5.41, 5.74) is 3.23. The lowest BCUT2D eigenvalue weighted by atomic mass is 9.84. The number of carbonyl (C=O) groups excluding carboxylic acids is 1. The van der Waals surface area contributed by atoms with Gasteiger partial charge in [-0.15, -0.1) is 0 Å². The second-order valence-electron chi connectivity index (χ2n) is 4.17. The van der Waals surface area contributed by atoms with Crippen molar-refractivity contribution in [3.8, 4) is 0 Å². The number of hydrogen-bond donors (Lipinski definition) is 2. The number of hydrazine groups is 1. The van der Waals surface area contributed by atoms with Gasteiger partial charge in [0.05, 0.1) is 0 Å². The van der Waals surface area contributed by atoms with Gasteiger partial charge in [0.15, 0.2) is 0 Å². The maximum absolute atomic E-state index is 8.94. The summed E-state index contributed by atoms with van der Waals surface area (Å²) >= 11 is 5.85. The Morgan fingerprint density at radius 3 is 2.18 bits per heavy atom. The zero-order valence-corrected chi connectivity index (χ0v) is 10.6. The van der Waals surface area contributed by atoms with Gasteiger partial charge in [0.25, 0.3) is 0 Å². The standard InChI is InChI=1S/C12H15Cl.CH4N2O/c13-12-8-6-11(7-9-12)10-4-2-1-3-5-10;2-3-1-4/h6-10H,1-5H2;1H,2H2,(H,3,4). The summed E-state index contributed by atoms with van der Waals surface area (Å²) in [5, 5.41) is 0.847. The van der Waals surface area contributed by atoms with E-state index in [1.807, 2.05) is 12.1 Å². The van der Waals surface area contributed by atoms with Crippen LogP contribution in [-0.2, 0) is 4.79 Å². The Kier molecular flexibility index (Phi) is 6.67. The van der Waals surface area contributed by atoms with Crippen molar-refractivity contribution in [2.45, 2.75) is 38.0 Å². The largest absolute Gasteiger partial charge is 0.297 e. The zero-order chi connectivity index (χ0) is 12.5. The van der Waals surface area contributed by atoms with E-state index in [-0.39, 0.29) is 0 Å². The van der Waals surface area contributed by atoms with Crippen LogP contribution in [0.5, 0.6) is 0 Å². The van der Waals surface area contributed by atoms with Crippen LogP contribution in [0.15, 0.2) is 24.3 Å². The Morgan fingerprint density at radius 2 is 1.71 bits per heavy atom. The van der Waals surface area contributed by atoms with Crippen LogP contribution in [0, 0.1) is 0 Å². The molecule has 1 fully saturated rings. The monoisotopic (exact) mass is 254 g/mol. The van der Waals surface area contributed by atoms with Crippen LogP contribution >= 0.6 is 11.6 Å². The molecule has 1 amide bonds. The van der Waals surface area contributed by atoms with Crippen molar-refractivity contribution in [3.63, 3.8) is 0 Å². The molecule has 1 aliphatic rings. The van der Waals surface area contributed by atoms with E-state index < -0.39 is 0 Å². The van der Waals surface area contributed by atoms with Crippen molar-refractivity contribution < 1.29 is 4.79 Å². The number of rotatable bonds is 2. The fraction of sp³-hybridized carbons (Fsp3) is 0.462. The molecular weight excluding hydrogens is 236 g/mol. The molecule has 1 aromatic carbocycles. The third-order valence-corrected chi connectivity index (χ3v) is 3.27. The summed E-state index contributed by atoms with van der Waals surface area (Å²) in [6.45, 7) is 0. The zero-order valence-electron chi connectivity index (χ0n) is 9.86. The molecule has 4 heteroatoms. The van der Waals surface area contributed by atoms with E-state index in [4.69, 9.17) is 16.4 Å². The highest BCUT2D eigenvalue weighted by molar-refractivity contribution is 6.30. The summed E-state index contributed by atoms with van der Waals surface area (Å²) in [5.74, 6) is 5.21. The molecule has 0 radical (unpaired) electrons. The number of nitrogens with one attached hydrogen (secondary N) is 1. The molecule has 2 rings (SSSR count). The second kappa shape index (κ2) is 8.09. The normalized spacial score (nSPS) is 15.6. The van der Waals surface area contributed by atoms with Gasteiger partial charge in [0.2, 0.25) is 6.41 Å². The molecule has 0 spiro atoms. The highest BCUT2D eigenvalue weighted by atomic mass is 35.5. The number of benzene rings is 1. The summed E-state index contributed by atoms with van der Waals surface area (Å²) in [7, 11) is 0. The number of carbonyl (C=O) groups is 1. The fourth-order valence-corrected chi connectivity index (χ4v) is 2.30. The highest BCUT2D eigenvalue weighted by Crippen LogP contribution is 2.32. The molecular formula is C13H19ClN2O. The van der Waals surface area contributed by atoms with Crippen molar-refractivity contribution >= 4 is 18.0 Å². The quantitative estimate of drug-likeness (QED) is 0.369. The Morgan fingerprint density at radius 1 is 1.18 bits per heavy atom. The van der Waals surface area contributed by atoms with E-state index in [0.29, 0.717) is 6.41 Å². The van der Waals surface area contributed by atoms with E-state index in [1.165, 1.54) is 37.7 Å². The minimum atomic E-state index is 0.403. The molecule has 0 unspecified atom stereocenters. The van der Waals surface area contributed by atoms with Gasteiger partial charge >= 0.3 is 0 Å². The van der Waals surface area contributed by atoms with Crippen molar-refractivity contribution in [1.82, 2.24) is 5.43 Å². The first-order valence-corrected chi connectivity index (χ1v) is 6.31.